The van der Waals surface area contributed by atoms with Crippen molar-refractivity contribution in [2.24, 2.45) is 0 Å². The number of hydrogen-bond acceptors (Lipinski definition) is 3. The molecule has 0 bridgehead atoms. The maximum absolute atomic E-state index is 4.51. The molecular formula is C17H24ClN3. The summed E-state index contributed by atoms with van der Waals surface area (Å²) in [5.41, 5.74) is 1.32. The van der Waals surface area contributed by atoms with Crippen molar-refractivity contribution in [2.75, 3.05) is 32.1 Å². The number of hydrogen-bond donors (Lipinski definition) is 0. The first-order chi connectivity index (χ1) is 9.68. The Balaban J connectivity index is 0.00000220. The number of benzene rings is 1. The van der Waals surface area contributed by atoms with Crippen LogP contribution in [0.15, 0.2) is 54.7 Å². The zero-order valence-electron chi connectivity index (χ0n) is 12.9. The Bertz CT molecular complexity index is 502. The van der Waals surface area contributed by atoms with E-state index in [1.165, 1.54) is 5.56 Å². The molecular weight excluding hydrogens is 282 g/mol. The first kappa shape index (κ1) is 17.5. The highest BCUT2D eigenvalue weighted by molar-refractivity contribution is 5.85. The van der Waals surface area contributed by atoms with Crippen molar-refractivity contribution < 1.29 is 0 Å². The molecule has 0 spiro atoms. The van der Waals surface area contributed by atoms with Crippen LogP contribution < -0.4 is 4.90 Å². The Morgan fingerprint density at radius 2 is 1.62 bits per heavy atom. The lowest BCUT2D eigenvalue weighted by molar-refractivity contribution is 0.406. The first-order valence-corrected chi connectivity index (χ1v) is 7.06. The molecule has 2 rings (SSSR count). The normalized spacial score (nSPS) is 11.8. The fourth-order valence-corrected chi connectivity index (χ4v) is 2.25. The van der Waals surface area contributed by atoms with E-state index in [0.717, 1.165) is 18.9 Å². The summed E-state index contributed by atoms with van der Waals surface area (Å²) in [4.78, 5) is 9.07. The monoisotopic (exact) mass is 305 g/mol. The Morgan fingerprint density at radius 1 is 0.952 bits per heavy atom. The highest BCUT2D eigenvalue weighted by atomic mass is 35.5. The minimum Gasteiger partial charge on any atom is -0.349 e. The van der Waals surface area contributed by atoms with Crippen LogP contribution in [0.3, 0.4) is 0 Å². The van der Waals surface area contributed by atoms with E-state index >= 15 is 0 Å². The molecule has 0 saturated carbocycles. The van der Waals surface area contributed by atoms with Gasteiger partial charge in [-0.3, -0.25) is 0 Å². The maximum atomic E-state index is 4.51. The van der Waals surface area contributed by atoms with Gasteiger partial charge in [0.1, 0.15) is 5.82 Å². The van der Waals surface area contributed by atoms with Crippen molar-refractivity contribution in [1.29, 1.82) is 0 Å². The molecule has 0 N–H and O–H groups in total. The van der Waals surface area contributed by atoms with E-state index in [0.29, 0.717) is 6.04 Å². The first-order valence-electron chi connectivity index (χ1n) is 7.06. The third kappa shape index (κ3) is 5.03. The SMILES string of the molecule is CC(c1ccccc1)N(CCN(C)C)c1ccccn1.Cl. The minimum absolute atomic E-state index is 0. The zero-order chi connectivity index (χ0) is 14.4. The Kier molecular flexibility index (Phi) is 7.20. The second-order valence-electron chi connectivity index (χ2n) is 5.27. The molecule has 0 saturated heterocycles. The molecule has 21 heavy (non-hydrogen) atoms. The number of halogens is 1. The molecule has 1 unspecified atom stereocenters. The van der Waals surface area contributed by atoms with Gasteiger partial charge in [-0.1, -0.05) is 36.4 Å². The summed E-state index contributed by atoms with van der Waals surface area (Å²) in [5.74, 6) is 1.03. The lowest BCUT2D eigenvalue weighted by atomic mass is 10.1. The van der Waals surface area contributed by atoms with E-state index in [2.05, 4.69) is 72.2 Å². The van der Waals surface area contributed by atoms with E-state index in [9.17, 15) is 0 Å². The van der Waals surface area contributed by atoms with Crippen LogP contribution in [0.25, 0.3) is 0 Å². The van der Waals surface area contributed by atoms with Crippen LogP contribution in [0.2, 0.25) is 0 Å². The molecule has 1 heterocycles. The van der Waals surface area contributed by atoms with Crippen LogP contribution in [0.4, 0.5) is 5.82 Å². The van der Waals surface area contributed by atoms with Crippen molar-refractivity contribution in [3.05, 3.63) is 60.3 Å². The van der Waals surface area contributed by atoms with Gasteiger partial charge in [0, 0.05) is 19.3 Å². The zero-order valence-corrected chi connectivity index (χ0v) is 13.8. The van der Waals surface area contributed by atoms with Crippen molar-refractivity contribution in [3.63, 3.8) is 0 Å². The average Bonchev–Trinajstić information content (AvgIpc) is 2.49. The molecule has 4 heteroatoms. The molecule has 2 aromatic rings. The summed E-state index contributed by atoms with van der Waals surface area (Å²) in [6, 6.07) is 17.0. The van der Waals surface area contributed by atoms with Gasteiger partial charge in [-0.2, -0.15) is 0 Å². The van der Waals surface area contributed by atoms with Gasteiger partial charge in [-0.25, -0.2) is 4.98 Å². The lowest BCUT2D eigenvalue weighted by Gasteiger charge is -2.31. The number of aromatic nitrogens is 1. The van der Waals surface area contributed by atoms with Gasteiger partial charge in [0.2, 0.25) is 0 Å². The quantitative estimate of drug-likeness (QED) is 0.812. The molecule has 0 aliphatic rings. The van der Waals surface area contributed by atoms with Gasteiger partial charge in [0.15, 0.2) is 0 Å². The third-order valence-electron chi connectivity index (χ3n) is 3.48. The number of pyridine rings is 1. The van der Waals surface area contributed by atoms with E-state index in [-0.39, 0.29) is 12.4 Å². The maximum Gasteiger partial charge on any atom is 0.129 e. The topological polar surface area (TPSA) is 19.4 Å². The summed E-state index contributed by atoms with van der Waals surface area (Å²) in [6.07, 6.45) is 1.86. The summed E-state index contributed by atoms with van der Waals surface area (Å²) in [6.45, 7) is 4.20. The molecule has 0 amide bonds. The number of anilines is 1. The van der Waals surface area contributed by atoms with Gasteiger partial charge in [0.05, 0.1) is 6.04 Å². The summed E-state index contributed by atoms with van der Waals surface area (Å²) in [5, 5.41) is 0. The fourth-order valence-electron chi connectivity index (χ4n) is 2.25. The Morgan fingerprint density at radius 3 is 2.19 bits per heavy atom. The Labute approximate surface area is 134 Å². The molecule has 114 valence electrons. The molecule has 3 nitrogen and oxygen atoms in total. The second kappa shape index (κ2) is 8.65. The molecule has 0 aliphatic heterocycles. The summed E-state index contributed by atoms with van der Waals surface area (Å²) >= 11 is 0. The van der Waals surface area contributed by atoms with Crippen LogP contribution in [-0.4, -0.2) is 37.1 Å². The average molecular weight is 306 g/mol. The van der Waals surface area contributed by atoms with Crippen molar-refractivity contribution >= 4 is 18.2 Å². The minimum atomic E-state index is 0. The molecule has 0 radical (unpaired) electrons. The van der Waals surface area contributed by atoms with Crippen LogP contribution in [0.5, 0.6) is 0 Å². The molecule has 1 aromatic carbocycles. The standard InChI is InChI=1S/C17H23N3.ClH/c1-15(16-9-5-4-6-10-16)20(14-13-19(2)3)17-11-7-8-12-18-17;/h4-12,15H,13-14H2,1-3H3;1H. The van der Waals surface area contributed by atoms with Gasteiger partial charge in [0.25, 0.3) is 0 Å². The highest BCUT2D eigenvalue weighted by Gasteiger charge is 2.17. The van der Waals surface area contributed by atoms with Gasteiger partial charge < -0.3 is 9.80 Å². The van der Waals surface area contributed by atoms with E-state index in [1.807, 2.05) is 18.3 Å². The summed E-state index contributed by atoms with van der Waals surface area (Å²) < 4.78 is 0. The van der Waals surface area contributed by atoms with Crippen LogP contribution in [0, 0.1) is 0 Å². The van der Waals surface area contributed by atoms with Crippen LogP contribution >= 0.6 is 12.4 Å². The van der Waals surface area contributed by atoms with Gasteiger partial charge in [-0.05, 0) is 38.7 Å². The smallest absolute Gasteiger partial charge is 0.129 e. The highest BCUT2D eigenvalue weighted by Crippen LogP contribution is 2.24. The number of likely N-dealkylation sites (N-methyl/N-ethyl adjacent to an activating group) is 1. The van der Waals surface area contributed by atoms with E-state index in [1.54, 1.807) is 0 Å². The van der Waals surface area contributed by atoms with Crippen molar-refractivity contribution in [3.8, 4) is 0 Å². The third-order valence-corrected chi connectivity index (χ3v) is 3.48. The van der Waals surface area contributed by atoms with Gasteiger partial charge in [-0.15, -0.1) is 12.4 Å². The molecule has 1 aromatic heterocycles. The van der Waals surface area contributed by atoms with E-state index < -0.39 is 0 Å². The second-order valence-corrected chi connectivity index (χ2v) is 5.27. The van der Waals surface area contributed by atoms with Gasteiger partial charge >= 0.3 is 0 Å². The molecule has 0 fully saturated rings. The Hall–Kier alpha value is -1.58. The van der Waals surface area contributed by atoms with Crippen molar-refractivity contribution in [2.45, 2.75) is 13.0 Å². The number of nitrogens with zero attached hydrogens (tertiary/aromatic N) is 3. The van der Waals surface area contributed by atoms with E-state index in [4.69, 9.17) is 0 Å². The fraction of sp³-hybridized carbons (Fsp3) is 0.353. The number of rotatable bonds is 6. The predicted molar refractivity (Wildman–Crippen MR) is 92.2 cm³/mol. The predicted octanol–water partition coefficient (Wildman–Crippen LogP) is 3.63. The van der Waals surface area contributed by atoms with Crippen molar-refractivity contribution in [1.82, 2.24) is 9.88 Å². The van der Waals surface area contributed by atoms with Crippen LogP contribution in [0.1, 0.15) is 18.5 Å². The molecule has 1 atom stereocenters. The lowest BCUT2D eigenvalue weighted by Crippen LogP contribution is -2.34. The molecule has 0 aliphatic carbocycles. The van der Waals surface area contributed by atoms with Crippen LogP contribution in [-0.2, 0) is 0 Å². The summed E-state index contributed by atoms with van der Waals surface area (Å²) in [7, 11) is 4.20. The largest absolute Gasteiger partial charge is 0.349 e.